The molecule has 1 aliphatic rings. The van der Waals surface area contributed by atoms with Crippen LogP contribution in [-0.2, 0) is 6.42 Å². The molecule has 1 unspecified atom stereocenters. The lowest BCUT2D eigenvalue weighted by Crippen LogP contribution is -2.40. The van der Waals surface area contributed by atoms with E-state index >= 15 is 0 Å². The second-order valence-electron chi connectivity index (χ2n) is 6.84. The molecule has 1 saturated heterocycles. The third kappa shape index (κ3) is 7.11. The average Bonchev–Trinajstić information content (AvgIpc) is 3.36. The Kier molecular flexibility index (Phi) is 10.2. The molecule has 2 N–H and O–H groups in total. The molecule has 29 heavy (non-hydrogen) atoms. The summed E-state index contributed by atoms with van der Waals surface area (Å²) in [6.45, 7) is 8.90. The van der Waals surface area contributed by atoms with Gasteiger partial charge in [-0.05, 0) is 57.1 Å². The summed E-state index contributed by atoms with van der Waals surface area (Å²) in [4.78, 5) is 11.7. The van der Waals surface area contributed by atoms with Crippen molar-refractivity contribution in [3.8, 4) is 11.4 Å². The van der Waals surface area contributed by atoms with E-state index in [2.05, 4.69) is 39.5 Å². The number of likely N-dealkylation sites (N-methyl/N-ethyl adjacent to an activating group) is 1. The van der Waals surface area contributed by atoms with Gasteiger partial charge in [-0.25, -0.2) is 0 Å². The fraction of sp³-hybridized carbons (Fsp3) is 0.550. The molecule has 3 rings (SSSR count). The summed E-state index contributed by atoms with van der Waals surface area (Å²) in [5.41, 5.74) is 0.888. The number of rotatable bonds is 8. The van der Waals surface area contributed by atoms with E-state index in [1.165, 1.54) is 19.4 Å². The molecular weight excluding hydrogens is 503 g/mol. The van der Waals surface area contributed by atoms with Crippen LogP contribution in [0.15, 0.2) is 33.8 Å². The summed E-state index contributed by atoms with van der Waals surface area (Å²) in [7, 11) is 0. The van der Waals surface area contributed by atoms with Gasteiger partial charge in [0.25, 0.3) is 0 Å². The van der Waals surface area contributed by atoms with Crippen molar-refractivity contribution >= 4 is 41.5 Å². The van der Waals surface area contributed by atoms with Gasteiger partial charge in [0, 0.05) is 36.1 Å². The zero-order chi connectivity index (χ0) is 19.8. The van der Waals surface area contributed by atoms with Crippen LogP contribution in [0.3, 0.4) is 0 Å². The van der Waals surface area contributed by atoms with E-state index < -0.39 is 0 Å². The number of hydrogen-bond acceptors (Lipinski definition) is 5. The molecule has 2 heterocycles. The van der Waals surface area contributed by atoms with Crippen molar-refractivity contribution in [2.24, 2.45) is 4.99 Å². The summed E-state index contributed by atoms with van der Waals surface area (Å²) in [6, 6.07) is 7.95. The fourth-order valence-electron chi connectivity index (χ4n) is 3.42. The highest BCUT2D eigenvalue weighted by atomic mass is 127. The Hall–Kier alpha value is -1.39. The van der Waals surface area contributed by atoms with Crippen molar-refractivity contribution in [2.45, 2.75) is 39.2 Å². The van der Waals surface area contributed by atoms with Crippen molar-refractivity contribution in [1.82, 2.24) is 25.7 Å². The first kappa shape index (κ1) is 23.9. The Morgan fingerprint density at radius 1 is 1.28 bits per heavy atom. The van der Waals surface area contributed by atoms with E-state index in [4.69, 9.17) is 21.1 Å². The number of benzene rings is 1. The number of guanidine groups is 1. The minimum Gasteiger partial charge on any atom is -0.357 e. The van der Waals surface area contributed by atoms with Crippen LogP contribution >= 0.6 is 35.6 Å². The Balaban J connectivity index is 0.00000300. The maximum Gasteiger partial charge on any atom is 0.228 e. The summed E-state index contributed by atoms with van der Waals surface area (Å²) in [5, 5.41) is 11.4. The lowest BCUT2D eigenvalue weighted by molar-refractivity contribution is 0.273. The molecule has 1 aromatic carbocycles. The third-order valence-electron chi connectivity index (χ3n) is 4.91. The van der Waals surface area contributed by atoms with Crippen molar-refractivity contribution < 1.29 is 4.52 Å². The summed E-state index contributed by atoms with van der Waals surface area (Å²) < 4.78 is 5.36. The van der Waals surface area contributed by atoms with Crippen molar-refractivity contribution in [3.05, 3.63) is 35.2 Å². The molecule has 7 nitrogen and oxygen atoms in total. The number of nitrogens with zero attached hydrogens (tertiary/aromatic N) is 4. The standard InChI is InChI=1S/C20H29ClN6O.HI/c1-3-22-20(24-14-17-6-5-13-27(17)4-2)23-12-11-18-25-19(26-28-18)15-7-9-16(21)10-8-15;/h7-10,17H,3-6,11-14H2,1-2H3,(H2,22,23,24);1H. The number of likely N-dealkylation sites (tertiary alicyclic amines) is 1. The minimum absolute atomic E-state index is 0. The third-order valence-corrected chi connectivity index (χ3v) is 5.16. The summed E-state index contributed by atoms with van der Waals surface area (Å²) in [5.74, 6) is 2.01. The molecule has 9 heteroatoms. The van der Waals surface area contributed by atoms with Gasteiger partial charge in [-0.15, -0.1) is 24.0 Å². The number of aliphatic imine (C=N–C) groups is 1. The molecule has 0 saturated carbocycles. The van der Waals surface area contributed by atoms with Gasteiger partial charge >= 0.3 is 0 Å². The van der Waals surface area contributed by atoms with E-state index in [-0.39, 0.29) is 24.0 Å². The zero-order valence-corrected chi connectivity index (χ0v) is 20.1. The first-order valence-electron chi connectivity index (χ1n) is 10.0. The van der Waals surface area contributed by atoms with Gasteiger partial charge in [0.05, 0.1) is 6.54 Å². The largest absolute Gasteiger partial charge is 0.357 e. The van der Waals surface area contributed by atoms with Crippen molar-refractivity contribution in [1.29, 1.82) is 0 Å². The topological polar surface area (TPSA) is 78.6 Å². The molecule has 1 aromatic heterocycles. The van der Waals surface area contributed by atoms with Gasteiger partial charge in [-0.3, -0.25) is 9.89 Å². The van der Waals surface area contributed by atoms with Gasteiger partial charge in [0.2, 0.25) is 11.7 Å². The molecule has 1 aliphatic heterocycles. The monoisotopic (exact) mass is 532 g/mol. The Morgan fingerprint density at radius 3 is 2.79 bits per heavy atom. The second-order valence-corrected chi connectivity index (χ2v) is 7.28. The van der Waals surface area contributed by atoms with Gasteiger partial charge in [0.1, 0.15) is 0 Å². The van der Waals surface area contributed by atoms with Crippen LogP contribution in [0.5, 0.6) is 0 Å². The minimum atomic E-state index is 0. The van der Waals surface area contributed by atoms with Crippen LogP contribution in [0.2, 0.25) is 5.02 Å². The lowest BCUT2D eigenvalue weighted by atomic mass is 10.2. The van der Waals surface area contributed by atoms with Crippen molar-refractivity contribution in [2.75, 3.05) is 32.7 Å². The quantitative estimate of drug-likeness (QED) is 0.307. The fourth-order valence-corrected chi connectivity index (χ4v) is 3.54. The van der Waals surface area contributed by atoms with E-state index in [1.807, 2.05) is 24.3 Å². The highest BCUT2D eigenvalue weighted by Gasteiger charge is 2.22. The molecule has 0 aliphatic carbocycles. The first-order valence-corrected chi connectivity index (χ1v) is 10.4. The normalized spacial score (nSPS) is 17.2. The number of halogens is 2. The average molecular weight is 533 g/mol. The van der Waals surface area contributed by atoms with Crippen molar-refractivity contribution in [3.63, 3.8) is 0 Å². The number of hydrogen-bond donors (Lipinski definition) is 2. The second kappa shape index (κ2) is 12.3. The van der Waals surface area contributed by atoms with E-state index in [0.717, 1.165) is 31.2 Å². The molecular formula is C20H30ClIN6O. The van der Waals surface area contributed by atoms with Crippen LogP contribution in [-0.4, -0.2) is 59.8 Å². The molecule has 0 spiro atoms. The highest BCUT2D eigenvalue weighted by Crippen LogP contribution is 2.19. The molecule has 0 radical (unpaired) electrons. The van der Waals surface area contributed by atoms with Gasteiger partial charge in [-0.2, -0.15) is 4.98 Å². The first-order chi connectivity index (χ1) is 13.7. The zero-order valence-electron chi connectivity index (χ0n) is 17.0. The predicted molar refractivity (Wildman–Crippen MR) is 128 cm³/mol. The molecule has 1 atom stereocenters. The maximum atomic E-state index is 5.92. The maximum absolute atomic E-state index is 5.92. The summed E-state index contributed by atoms with van der Waals surface area (Å²) in [6.07, 6.45) is 3.13. The molecule has 0 amide bonds. The molecule has 2 aromatic rings. The molecule has 1 fully saturated rings. The van der Waals surface area contributed by atoms with Gasteiger partial charge in [0.15, 0.2) is 5.96 Å². The predicted octanol–water partition coefficient (Wildman–Crippen LogP) is 3.59. The van der Waals surface area contributed by atoms with Gasteiger partial charge < -0.3 is 15.2 Å². The van der Waals surface area contributed by atoms with Crippen LogP contribution in [0.25, 0.3) is 11.4 Å². The number of nitrogens with one attached hydrogen (secondary N) is 2. The van der Waals surface area contributed by atoms with Crippen LogP contribution in [0.4, 0.5) is 0 Å². The van der Waals surface area contributed by atoms with Crippen LogP contribution in [0, 0.1) is 0 Å². The van der Waals surface area contributed by atoms with E-state index in [9.17, 15) is 0 Å². The molecule has 160 valence electrons. The smallest absolute Gasteiger partial charge is 0.228 e. The van der Waals surface area contributed by atoms with E-state index in [1.54, 1.807) is 0 Å². The summed E-state index contributed by atoms with van der Waals surface area (Å²) >= 11 is 5.92. The Morgan fingerprint density at radius 2 is 2.07 bits per heavy atom. The van der Waals surface area contributed by atoms with Crippen LogP contribution in [0.1, 0.15) is 32.6 Å². The Labute approximate surface area is 194 Å². The SMILES string of the molecule is CCNC(=NCC1CCCN1CC)NCCc1nc(-c2ccc(Cl)cc2)no1.I. The van der Waals surface area contributed by atoms with Gasteiger partial charge in [-0.1, -0.05) is 23.7 Å². The Bertz CT molecular complexity index is 767. The van der Waals surface area contributed by atoms with Crippen LogP contribution < -0.4 is 10.6 Å². The molecule has 0 bridgehead atoms. The van der Waals surface area contributed by atoms with E-state index in [0.29, 0.717) is 35.7 Å². The number of aromatic nitrogens is 2. The highest BCUT2D eigenvalue weighted by molar-refractivity contribution is 14.0. The lowest BCUT2D eigenvalue weighted by Gasteiger charge is -2.21.